The first kappa shape index (κ1) is 13.1. The second-order valence-corrected chi connectivity index (χ2v) is 5.29. The van der Waals surface area contributed by atoms with Crippen molar-refractivity contribution >= 4 is 11.9 Å². The molecule has 0 aliphatic carbocycles. The molecule has 6 heteroatoms. The smallest absolute Gasteiger partial charge is 0.326 e. The average Bonchev–Trinajstić information content (AvgIpc) is 3.02. The minimum atomic E-state index is -1.07. The van der Waals surface area contributed by atoms with Gasteiger partial charge in [0.05, 0.1) is 6.10 Å². The lowest BCUT2D eigenvalue weighted by Gasteiger charge is -2.21. The lowest BCUT2D eigenvalue weighted by Crippen LogP contribution is -2.40. The van der Waals surface area contributed by atoms with Gasteiger partial charge >= 0.3 is 5.97 Å². The number of aliphatic carboxylic acids is 1. The molecular weight excluding hydrogens is 260 g/mol. The van der Waals surface area contributed by atoms with Crippen LogP contribution in [0.25, 0.3) is 0 Å². The molecule has 0 aromatic heterocycles. The Bertz CT molecular complexity index is 572. The number of carbonyl (C=O) groups is 2. The van der Waals surface area contributed by atoms with Gasteiger partial charge < -0.3 is 20.4 Å². The van der Waals surface area contributed by atoms with E-state index in [1.165, 1.54) is 4.90 Å². The quantitative estimate of drug-likeness (QED) is 0.704. The predicted molar refractivity (Wildman–Crippen MR) is 70.1 cm³/mol. The molecule has 2 aliphatic heterocycles. The highest BCUT2D eigenvalue weighted by Crippen LogP contribution is 2.23. The van der Waals surface area contributed by atoms with Gasteiger partial charge in [0, 0.05) is 31.6 Å². The van der Waals surface area contributed by atoms with E-state index in [0.717, 1.165) is 24.2 Å². The Morgan fingerprint density at radius 2 is 2.00 bits per heavy atom. The second-order valence-electron chi connectivity index (χ2n) is 5.29. The first-order chi connectivity index (χ1) is 9.56. The monoisotopic (exact) mass is 276 g/mol. The van der Waals surface area contributed by atoms with Crippen LogP contribution >= 0.6 is 0 Å². The molecule has 1 aromatic rings. The molecule has 2 aliphatic rings. The molecule has 20 heavy (non-hydrogen) atoms. The summed E-state index contributed by atoms with van der Waals surface area (Å²) in [5.41, 5.74) is 2.72. The zero-order valence-electron chi connectivity index (χ0n) is 10.9. The van der Waals surface area contributed by atoms with Crippen LogP contribution in [-0.2, 0) is 17.9 Å². The number of carbonyl (C=O) groups excluding carboxylic acids is 1. The van der Waals surface area contributed by atoms with E-state index < -0.39 is 18.1 Å². The number of hydrogen-bond acceptors (Lipinski definition) is 4. The van der Waals surface area contributed by atoms with E-state index in [1.54, 1.807) is 12.1 Å². The van der Waals surface area contributed by atoms with Crippen molar-refractivity contribution in [1.29, 1.82) is 0 Å². The van der Waals surface area contributed by atoms with Crippen molar-refractivity contribution in [2.24, 2.45) is 0 Å². The van der Waals surface area contributed by atoms with E-state index in [1.807, 2.05) is 6.07 Å². The maximum atomic E-state index is 12.4. The Morgan fingerprint density at radius 1 is 1.25 bits per heavy atom. The lowest BCUT2D eigenvalue weighted by molar-refractivity contribution is -0.141. The molecule has 0 saturated carbocycles. The molecule has 1 amide bonds. The van der Waals surface area contributed by atoms with Crippen molar-refractivity contribution < 1.29 is 19.8 Å². The Labute approximate surface area is 116 Å². The molecule has 2 heterocycles. The topological polar surface area (TPSA) is 89.9 Å². The molecule has 106 valence electrons. The van der Waals surface area contributed by atoms with Crippen LogP contribution in [0.4, 0.5) is 0 Å². The number of benzene rings is 1. The van der Waals surface area contributed by atoms with Crippen LogP contribution in [0.15, 0.2) is 18.2 Å². The van der Waals surface area contributed by atoms with Crippen LogP contribution < -0.4 is 5.32 Å². The highest BCUT2D eigenvalue weighted by Gasteiger charge is 2.39. The second kappa shape index (κ2) is 4.88. The molecule has 1 saturated heterocycles. The number of rotatable bonds is 2. The summed E-state index contributed by atoms with van der Waals surface area (Å²) in [5, 5.41) is 21.9. The standard InChI is InChI=1S/C14H16N2O4/c17-11-4-12(14(19)20)16(7-11)13(18)8-1-2-9-5-15-6-10(9)3-8/h1-3,11-12,15,17H,4-7H2,(H,19,20)/t11-,12+/m1/s1. The molecule has 0 bridgehead atoms. The van der Waals surface area contributed by atoms with Crippen molar-refractivity contribution in [1.82, 2.24) is 10.2 Å². The van der Waals surface area contributed by atoms with E-state index in [4.69, 9.17) is 5.11 Å². The van der Waals surface area contributed by atoms with Crippen molar-refractivity contribution in [3.63, 3.8) is 0 Å². The number of carboxylic acid groups (broad SMARTS) is 1. The molecular formula is C14H16N2O4. The van der Waals surface area contributed by atoms with Gasteiger partial charge in [0.2, 0.25) is 0 Å². The maximum absolute atomic E-state index is 12.4. The summed E-state index contributed by atoms with van der Waals surface area (Å²) in [5.74, 6) is -1.40. The summed E-state index contributed by atoms with van der Waals surface area (Å²) in [7, 11) is 0. The number of fused-ring (bicyclic) bond motifs is 1. The average molecular weight is 276 g/mol. The van der Waals surface area contributed by atoms with Gasteiger partial charge in [-0.05, 0) is 23.3 Å². The summed E-state index contributed by atoms with van der Waals surface area (Å²) >= 11 is 0. The fraction of sp³-hybridized carbons (Fsp3) is 0.429. The van der Waals surface area contributed by atoms with E-state index >= 15 is 0 Å². The van der Waals surface area contributed by atoms with Crippen LogP contribution in [-0.4, -0.2) is 45.7 Å². The first-order valence-corrected chi connectivity index (χ1v) is 6.60. The molecule has 6 nitrogen and oxygen atoms in total. The van der Waals surface area contributed by atoms with E-state index in [2.05, 4.69) is 5.32 Å². The molecule has 0 radical (unpaired) electrons. The van der Waals surface area contributed by atoms with Crippen molar-refractivity contribution in [2.75, 3.05) is 6.54 Å². The normalized spacial score (nSPS) is 24.8. The third kappa shape index (κ3) is 2.17. The van der Waals surface area contributed by atoms with Crippen molar-refractivity contribution in [3.05, 3.63) is 34.9 Å². The summed E-state index contributed by atoms with van der Waals surface area (Å²) in [6.07, 6.45) is -0.677. The number of aliphatic hydroxyl groups is 1. The van der Waals surface area contributed by atoms with Crippen molar-refractivity contribution in [3.8, 4) is 0 Å². The largest absolute Gasteiger partial charge is 0.480 e. The predicted octanol–water partition coefficient (Wildman–Crippen LogP) is -0.0502. The number of hydrogen-bond donors (Lipinski definition) is 3. The van der Waals surface area contributed by atoms with E-state index in [9.17, 15) is 14.7 Å². The number of aliphatic hydroxyl groups excluding tert-OH is 1. The number of amides is 1. The fourth-order valence-corrected chi connectivity index (χ4v) is 2.87. The number of carboxylic acids is 1. The highest BCUT2D eigenvalue weighted by molar-refractivity contribution is 5.97. The zero-order valence-corrected chi connectivity index (χ0v) is 10.9. The lowest BCUT2D eigenvalue weighted by atomic mass is 10.1. The zero-order chi connectivity index (χ0) is 14.3. The SMILES string of the molecule is O=C(O)[C@@H]1C[C@@H](O)CN1C(=O)c1ccc2c(c1)CNC2. The molecule has 0 spiro atoms. The minimum Gasteiger partial charge on any atom is -0.480 e. The van der Waals surface area contributed by atoms with Gasteiger partial charge in [-0.2, -0.15) is 0 Å². The van der Waals surface area contributed by atoms with Gasteiger partial charge in [-0.25, -0.2) is 4.79 Å². The third-order valence-corrected chi connectivity index (χ3v) is 3.91. The summed E-state index contributed by atoms with van der Waals surface area (Å²) in [6.45, 7) is 1.59. The summed E-state index contributed by atoms with van der Waals surface area (Å²) in [4.78, 5) is 24.9. The Hall–Kier alpha value is -1.92. The summed E-state index contributed by atoms with van der Waals surface area (Å²) in [6, 6.07) is 4.48. The van der Waals surface area contributed by atoms with Crippen LogP contribution in [0.1, 0.15) is 27.9 Å². The minimum absolute atomic E-state index is 0.0745. The first-order valence-electron chi connectivity index (χ1n) is 6.60. The van der Waals surface area contributed by atoms with Crippen molar-refractivity contribution in [2.45, 2.75) is 31.7 Å². The van der Waals surface area contributed by atoms with E-state index in [0.29, 0.717) is 5.56 Å². The summed E-state index contributed by atoms with van der Waals surface area (Å²) < 4.78 is 0. The fourth-order valence-electron chi connectivity index (χ4n) is 2.87. The third-order valence-electron chi connectivity index (χ3n) is 3.91. The number of likely N-dealkylation sites (tertiary alicyclic amines) is 1. The Balaban J connectivity index is 1.86. The van der Waals surface area contributed by atoms with Crippen LogP contribution in [0.3, 0.4) is 0 Å². The van der Waals surface area contributed by atoms with Gasteiger partial charge in [0.1, 0.15) is 6.04 Å². The number of nitrogens with zero attached hydrogens (tertiary/aromatic N) is 1. The highest BCUT2D eigenvalue weighted by atomic mass is 16.4. The van der Waals surface area contributed by atoms with Gasteiger partial charge in [0.15, 0.2) is 0 Å². The van der Waals surface area contributed by atoms with Crippen LogP contribution in [0.2, 0.25) is 0 Å². The van der Waals surface area contributed by atoms with Gasteiger partial charge in [0.25, 0.3) is 5.91 Å². The molecule has 3 rings (SSSR count). The molecule has 3 N–H and O–H groups in total. The maximum Gasteiger partial charge on any atom is 0.326 e. The van der Waals surface area contributed by atoms with Crippen LogP contribution in [0, 0.1) is 0 Å². The van der Waals surface area contributed by atoms with Gasteiger partial charge in [-0.3, -0.25) is 4.79 Å². The molecule has 0 unspecified atom stereocenters. The van der Waals surface area contributed by atoms with E-state index in [-0.39, 0.29) is 18.9 Å². The Morgan fingerprint density at radius 3 is 2.75 bits per heavy atom. The van der Waals surface area contributed by atoms with Crippen LogP contribution in [0.5, 0.6) is 0 Å². The number of nitrogens with one attached hydrogen (secondary N) is 1. The molecule has 2 atom stereocenters. The van der Waals surface area contributed by atoms with Gasteiger partial charge in [-0.15, -0.1) is 0 Å². The molecule has 1 fully saturated rings. The Kier molecular flexibility index (Phi) is 3.19. The van der Waals surface area contributed by atoms with Gasteiger partial charge in [-0.1, -0.05) is 6.07 Å². The number of β-amino-alcohol motifs (C(OH)–C–C–N with tert-alkyl or cyclic N) is 1. The molecule has 1 aromatic carbocycles.